The number of methoxy groups -OCH3 is 1. The number of rotatable bonds is 28. The van der Waals surface area contributed by atoms with Crippen LogP contribution in [0.1, 0.15) is 185 Å². The molecule has 1 aromatic heterocycles. The Labute approximate surface area is 420 Å². The Morgan fingerprint density at radius 3 is 1.69 bits per heavy atom. The van der Waals surface area contributed by atoms with Crippen LogP contribution in [-0.4, -0.2) is 67.9 Å². The van der Waals surface area contributed by atoms with Crippen molar-refractivity contribution in [2.24, 2.45) is 23.7 Å². The van der Waals surface area contributed by atoms with Gasteiger partial charge >= 0.3 is 5.97 Å². The average molecular weight is 1010 g/mol. The molecule has 11 heteroatoms. The number of carbonyl (C=O) groups is 3. The van der Waals surface area contributed by atoms with E-state index in [1.165, 1.54) is 50.5 Å². The second kappa shape index (κ2) is 29.1. The molecule has 1 saturated carbocycles. The fourth-order valence-corrected chi connectivity index (χ4v) is 12.4. The molecule has 388 valence electrons. The molecule has 0 spiro atoms. The fraction of sp³-hybridized carbons (Fsp3) is 0.804. The lowest BCUT2D eigenvalue weighted by atomic mass is 9.87. The second-order valence-corrected chi connectivity index (χ2v) is 40.0. The lowest BCUT2D eigenvalue weighted by Crippen LogP contribution is -2.45. The van der Waals surface area contributed by atoms with E-state index in [4.69, 9.17) is 18.0 Å². The first-order chi connectivity index (χ1) is 30.8. The Hall–Kier alpha value is -1.48. The minimum Gasteiger partial charge on any atom is -0.469 e. The molecule has 1 heterocycles. The van der Waals surface area contributed by atoms with E-state index in [2.05, 4.69) is 171 Å². The SMILES string of the molecule is CCCC[C@H](C)CC(/C=C/Cc1cccs1)O[Si](C)(C)C(C)(C)C.CCCC[C@H](C)CC(/C=C/[C@H]1C(O[Si](C)(C)C(C)(C)C)CC(=O)[C@@H]1CC(=O)CCCCC(=O)OC)O[Si](C)(C)C(C)(C)C. The van der Waals surface area contributed by atoms with Crippen molar-refractivity contribution in [2.45, 2.75) is 259 Å². The highest BCUT2D eigenvalue weighted by Gasteiger charge is 2.48. The Kier molecular flexibility index (Phi) is 27.6. The van der Waals surface area contributed by atoms with Gasteiger partial charge in [-0.3, -0.25) is 14.4 Å². The zero-order chi connectivity index (χ0) is 51.4. The van der Waals surface area contributed by atoms with Gasteiger partial charge in [-0.05, 0) is 110 Å². The number of Topliss-reactive ketones (excluding diaryl/α,β-unsaturated/α-hetero) is 2. The van der Waals surface area contributed by atoms with Gasteiger partial charge in [-0.15, -0.1) is 11.3 Å². The minimum atomic E-state index is -2.15. The molecule has 0 bridgehead atoms. The van der Waals surface area contributed by atoms with Gasteiger partial charge in [-0.2, -0.15) is 0 Å². The first-order valence-corrected chi connectivity index (χ1v) is 35.9. The molecule has 0 aliphatic heterocycles. The molecule has 7 atom stereocenters. The van der Waals surface area contributed by atoms with E-state index in [-0.39, 0.29) is 69.2 Å². The maximum atomic E-state index is 13.5. The monoisotopic (exact) mass is 1000 g/mol. The molecule has 3 unspecified atom stereocenters. The van der Waals surface area contributed by atoms with Gasteiger partial charge in [-0.1, -0.05) is 159 Å². The lowest BCUT2D eigenvalue weighted by Gasteiger charge is -2.40. The fourth-order valence-electron chi connectivity index (χ4n) is 7.78. The molecule has 1 aromatic rings. The van der Waals surface area contributed by atoms with Gasteiger partial charge in [0.25, 0.3) is 0 Å². The zero-order valence-corrected chi connectivity index (χ0v) is 50.8. The lowest BCUT2D eigenvalue weighted by molar-refractivity contribution is -0.140. The second-order valence-electron chi connectivity index (χ2n) is 24.7. The van der Waals surface area contributed by atoms with Crippen LogP contribution >= 0.6 is 11.3 Å². The normalized spacial score (nSPS) is 19.6. The standard InChI is InChI=1S/C35H66O6Si2.C21H38OSSi/c1-14-15-18-26(2)23-28(40-42(10,11)34(3,4)5)21-22-29-30(24-27(36)19-16-17-20-33(38)39-9)31(37)25-32(29)41-43(12,13)35(6,7)8;1-8-9-12-18(2)17-19(22-24(6,7)21(3,4)5)13-10-14-20-15-11-16-23-20/h21-22,26,28-30,32H,14-20,23-25H2,1-13H3;10-11,13,15-16,18-19H,8-9,12,14,17H2,1-7H3/b22-21+;13-10+/t26-,28?,29+,30+,32?;18-,19?/m00/s1. The Morgan fingerprint density at radius 1 is 0.746 bits per heavy atom. The first kappa shape index (κ1) is 63.5. The van der Waals surface area contributed by atoms with E-state index in [1.807, 2.05) is 11.3 Å². The van der Waals surface area contributed by atoms with Crippen molar-refractivity contribution in [3.8, 4) is 0 Å². The third kappa shape index (κ3) is 23.5. The molecule has 2 rings (SSSR count). The van der Waals surface area contributed by atoms with Crippen LogP contribution < -0.4 is 0 Å². The molecule has 0 aromatic carbocycles. The largest absolute Gasteiger partial charge is 0.469 e. The molecule has 0 amide bonds. The van der Waals surface area contributed by atoms with Crippen molar-refractivity contribution < 1.29 is 32.4 Å². The molecule has 1 aliphatic carbocycles. The summed E-state index contributed by atoms with van der Waals surface area (Å²) in [5, 5.41) is 2.52. The number of ether oxygens (including phenoxy) is 1. The first-order valence-electron chi connectivity index (χ1n) is 26.3. The van der Waals surface area contributed by atoms with Crippen LogP contribution in [-0.2, 0) is 38.8 Å². The van der Waals surface area contributed by atoms with E-state index in [0.717, 1.165) is 25.2 Å². The van der Waals surface area contributed by atoms with Crippen molar-refractivity contribution in [1.29, 1.82) is 0 Å². The van der Waals surface area contributed by atoms with E-state index in [0.29, 0.717) is 38.0 Å². The van der Waals surface area contributed by atoms with Crippen LogP contribution in [0.3, 0.4) is 0 Å². The quantitative estimate of drug-likeness (QED) is 0.0358. The number of hydrogen-bond donors (Lipinski definition) is 0. The summed E-state index contributed by atoms with van der Waals surface area (Å²) in [5.41, 5.74) is 0. The maximum Gasteiger partial charge on any atom is 0.305 e. The summed E-state index contributed by atoms with van der Waals surface area (Å²) in [6, 6.07) is 4.34. The van der Waals surface area contributed by atoms with Gasteiger partial charge in [0.1, 0.15) is 11.6 Å². The van der Waals surface area contributed by atoms with Crippen LogP contribution in [0, 0.1) is 23.7 Å². The average Bonchev–Trinajstić information content (AvgIpc) is 3.82. The van der Waals surface area contributed by atoms with Gasteiger partial charge < -0.3 is 18.0 Å². The summed E-state index contributed by atoms with van der Waals surface area (Å²) >= 11 is 1.83. The Bertz CT molecular complexity index is 1630. The number of unbranched alkanes of at least 4 members (excludes halogenated alkanes) is 3. The molecule has 0 N–H and O–H groups in total. The van der Waals surface area contributed by atoms with Gasteiger partial charge in [0.15, 0.2) is 25.0 Å². The van der Waals surface area contributed by atoms with Crippen molar-refractivity contribution in [2.75, 3.05) is 7.11 Å². The molecular formula is C56H104O7SSi3. The molecule has 0 radical (unpaired) electrons. The summed E-state index contributed by atoms with van der Waals surface area (Å²) < 4.78 is 25.3. The molecule has 0 saturated heterocycles. The van der Waals surface area contributed by atoms with Gasteiger partial charge in [0.05, 0.1) is 25.4 Å². The van der Waals surface area contributed by atoms with E-state index < -0.39 is 25.0 Å². The van der Waals surface area contributed by atoms with Gasteiger partial charge in [0, 0.05) is 42.4 Å². The van der Waals surface area contributed by atoms with E-state index >= 15 is 0 Å². The molecule has 67 heavy (non-hydrogen) atoms. The zero-order valence-electron chi connectivity index (χ0n) is 47.0. The summed E-state index contributed by atoms with van der Waals surface area (Å²) in [4.78, 5) is 39.5. The molecule has 7 nitrogen and oxygen atoms in total. The third-order valence-corrected chi connectivity index (χ3v) is 29.8. The molecule has 1 aliphatic rings. The maximum absolute atomic E-state index is 13.5. The third-order valence-electron chi connectivity index (χ3n) is 15.4. The number of hydrogen-bond acceptors (Lipinski definition) is 8. The predicted molar refractivity (Wildman–Crippen MR) is 296 cm³/mol. The number of ketones is 2. The highest BCUT2D eigenvalue weighted by atomic mass is 32.1. The topological polar surface area (TPSA) is 88.1 Å². The summed E-state index contributed by atoms with van der Waals surface area (Å²) in [6.07, 6.45) is 22.1. The van der Waals surface area contributed by atoms with Gasteiger partial charge in [-0.25, -0.2) is 0 Å². The Balaban J connectivity index is 0.000000787. The van der Waals surface area contributed by atoms with Crippen molar-refractivity contribution in [1.82, 2.24) is 0 Å². The molecular weight excluding hydrogens is 901 g/mol. The number of esters is 1. The minimum absolute atomic E-state index is 0.0144. The van der Waals surface area contributed by atoms with Crippen LogP contribution in [0.4, 0.5) is 0 Å². The van der Waals surface area contributed by atoms with E-state index in [9.17, 15) is 14.4 Å². The summed E-state index contributed by atoms with van der Waals surface area (Å²) in [5.74, 6) is 0.670. The Morgan fingerprint density at radius 2 is 1.24 bits per heavy atom. The number of allylic oxidation sites excluding steroid dienone is 1. The van der Waals surface area contributed by atoms with Crippen LogP contribution in [0.2, 0.25) is 54.4 Å². The van der Waals surface area contributed by atoms with Gasteiger partial charge in [0.2, 0.25) is 0 Å². The summed E-state index contributed by atoms with van der Waals surface area (Å²) in [7, 11) is -4.54. The van der Waals surface area contributed by atoms with E-state index in [1.54, 1.807) is 0 Å². The molecule has 1 fully saturated rings. The van der Waals surface area contributed by atoms with Crippen LogP contribution in [0.25, 0.3) is 0 Å². The predicted octanol–water partition coefficient (Wildman–Crippen LogP) is 16.9. The number of carbonyl (C=O) groups excluding carboxylic acids is 3. The highest BCUT2D eigenvalue weighted by molar-refractivity contribution is 7.09. The number of thiophene rings is 1. The smallest absolute Gasteiger partial charge is 0.305 e. The van der Waals surface area contributed by atoms with Crippen LogP contribution in [0.5, 0.6) is 0 Å². The van der Waals surface area contributed by atoms with Crippen LogP contribution in [0.15, 0.2) is 41.8 Å². The summed E-state index contributed by atoms with van der Waals surface area (Å²) in [6.45, 7) is 43.4. The van der Waals surface area contributed by atoms with Crippen molar-refractivity contribution in [3.05, 3.63) is 46.7 Å². The van der Waals surface area contributed by atoms with Crippen molar-refractivity contribution in [3.63, 3.8) is 0 Å². The highest BCUT2D eigenvalue weighted by Crippen LogP contribution is 2.44. The van der Waals surface area contributed by atoms with Crippen molar-refractivity contribution >= 4 is 53.8 Å².